The van der Waals surface area contributed by atoms with Crippen LogP contribution in [0, 0.1) is 13.8 Å². The van der Waals surface area contributed by atoms with Crippen molar-refractivity contribution < 1.29 is 4.84 Å². The van der Waals surface area contributed by atoms with Crippen LogP contribution in [0.2, 0.25) is 0 Å². The zero-order valence-corrected chi connectivity index (χ0v) is 11.6. The lowest BCUT2D eigenvalue weighted by molar-refractivity contribution is 0.145. The summed E-state index contributed by atoms with van der Waals surface area (Å²) < 4.78 is 1.92. The van der Waals surface area contributed by atoms with E-state index in [4.69, 9.17) is 4.84 Å². The molecule has 82 valence electrons. The Morgan fingerprint density at radius 1 is 1.20 bits per heavy atom. The number of rotatable bonds is 2. The predicted molar refractivity (Wildman–Crippen MR) is 69.6 cm³/mol. The first kappa shape index (κ1) is 11.7. The molecule has 15 heavy (non-hydrogen) atoms. The molecule has 1 heterocycles. The van der Waals surface area contributed by atoms with Gasteiger partial charge in [-0.3, -0.25) is 9.72 Å². The van der Waals surface area contributed by atoms with Crippen molar-refractivity contribution in [2.24, 2.45) is 0 Å². The van der Waals surface area contributed by atoms with Crippen LogP contribution in [-0.2, 0) is 0 Å². The Hall–Kier alpha value is 0.190. The van der Waals surface area contributed by atoms with E-state index in [1.807, 2.05) is 10.7 Å². The molecule has 0 radical (unpaired) electrons. The summed E-state index contributed by atoms with van der Waals surface area (Å²) in [5.74, 6) is 0.939. The highest BCUT2D eigenvalue weighted by Gasteiger charge is 2.12. The Bertz CT molecular complexity index is 344. The summed E-state index contributed by atoms with van der Waals surface area (Å²) in [6, 6.07) is 6.23. The molecule has 0 spiro atoms. The highest BCUT2D eigenvalue weighted by Crippen LogP contribution is 2.38. The quantitative estimate of drug-likeness (QED) is 0.802. The van der Waals surface area contributed by atoms with Gasteiger partial charge < -0.3 is 4.84 Å². The van der Waals surface area contributed by atoms with Gasteiger partial charge in [-0.25, -0.2) is 0 Å². The van der Waals surface area contributed by atoms with Crippen LogP contribution in [0.25, 0.3) is 0 Å². The lowest BCUT2D eigenvalue weighted by Gasteiger charge is -2.26. The minimum atomic E-state index is 0.535. The molecular weight excluding hydrogens is 247 g/mol. The van der Waals surface area contributed by atoms with E-state index < -0.39 is 0 Å². The molecule has 1 aliphatic rings. The number of benzene rings is 1. The zero-order valence-electron chi connectivity index (χ0n) is 8.59. The third kappa shape index (κ3) is 3.32. The van der Waals surface area contributed by atoms with Gasteiger partial charge in [0.05, 0.1) is 17.8 Å². The van der Waals surface area contributed by atoms with Crippen LogP contribution in [0.4, 0.5) is 0 Å². The number of hydrogen-bond acceptors (Lipinski definition) is 4. The lowest BCUT2D eigenvalue weighted by atomic mass is 10.1. The van der Waals surface area contributed by atoms with E-state index in [2.05, 4.69) is 35.7 Å². The number of nitrogens with one attached hydrogen (secondary N) is 2. The Labute approximate surface area is 95.2 Å². The summed E-state index contributed by atoms with van der Waals surface area (Å²) in [5.41, 5.74) is 2.44. The molecular formula is C8H14N3OP3. The number of nitrogens with zero attached hydrogens (tertiary/aromatic N) is 1. The van der Waals surface area contributed by atoms with E-state index in [1.165, 1.54) is 11.1 Å². The minimum Gasteiger partial charge on any atom is -0.396 e. The summed E-state index contributed by atoms with van der Waals surface area (Å²) in [6.45, 7) is 4.16. The molecule has 2 rings (SSSR count). The second kappa shape index (κ2) is 5.50. The first-order valence-electron chi connectivity index (χ1n) is 4.57. The Kier molecular flexibility index (Phi) is 4.28. The average Bonchev–Trinajstić information content (AvgIpc) is 2.24. The van der Waals surface area contributed by atoms with Gasteiger partial charge in [-0.1, -0.05) is 22.3 Å². The fourth-order valence-electron chi connectivity index (χ4n) is 1.26. The molecule has 1 saturated heterocycles. The molecule has 0 saturated carbocycles. The largest absolute Gasteiger partial charge is 0.396 e. The van der Waals surface area contributed by atoms with Crippen molar-refractivity contribution in [3.8, 4) is 5.75 Å². The van der Waals surface area contributed by atoms with Crippen molar-refractivity contribution in [2.75, 3.05) is 0 Å². The molecule has 1 aromatic carbocycles. The summed E-state index contributed by atoms with van der Waals surface area (Å²) in [5, 5.41) is 0. The van der Waals surface area contributed by atoms with Gasteiger partial charge in [0.15, 0.2) is 5.75 Å². The molecule has 0 aromatic heterocycles. The SMILES string of the molecule is Cc1ccc(ON2PNPNP2)c(C)c1. The van der Waals surface area contributed by atoms with Crippen molar-refractivity contribution in [3.63, 3.8) is 0 Å². The zero-order chi connectivity index (χ0) is 10.7. The topological polar surface area (TPSA) is 36.5 Å². The molecule has 4 nitrogen and oxygen atoms in total. The van der Waals surface area contributed by atoms with Crippen molar-refractivity contribution >= 4 is 26.6 Å². The number of aryl methyl sites for hydroxylation is 2. The van der Waals surface area contributed by atoms with Crippen LogP contribution in [-0.4, -0.2) is 4.60 Å². The third-order valence-corrected chi connectivity index (χ3v) is 5.11. The second-order valence-corrected chi connectivity index (χ2v) is 7.21. The summed E-state index contributed by atoms with van der Waals surface area (Å²) in [7, 11) is 1.72. The first-order chi connectivity index (χ1) is 7.25. The third-order valence-electron chi connectivity index (χ3n) is 1.96. The van der Waals surface area contributed by atoms with Gasteiger partial charge in [0, 0.05) is 8.88 Å². The smallest absolute Gasteiger partial charge is 0.151 e. The van der Waals surface area contributed by atoms with Crippen LogP contribution in [0.1, 0.15) is 11.1 Å². The fourth-order valence-corrected chi connectivity index (χ4v) is 4.85. The highest BCUT2D eigenvalue weighted by molar-refractivity contribution is 7.65. The Balaban J connectivity index is 2.03. The van der Waals surface area contributed by atoms with E-state index in [0.717, 1.165) is 5.75 Å². The second-order valence-electron chi connectivity index (χ2n) is 3.25. The molecule has 2 atom stereocenters. The molecule has 2 N–H and O–H groups in total. The van der Waals surface area contributed by atoms with Crippen molar-refractivity contribution in [1.82, 2.24) is 14.3 Å². The number of hydrogen-bond donors (Lipinski definition) is 2. The van der Waals surface area contributed by atoms with E-state index in [-0.39, 0.29) is 0 Å². The average molecular weight is 261 g/mol. The molecule has 1 aliphatic heterocycles. The monoisotopic (exact) mass is 261 g/mol. The van der Waals surface area contributed by atoms with Crippen molar-refractivity contribution in [3.05, 3.63) is 29.3 Å². The molecule has 2 unspecified atom stereocenters. The van der Waals surface area contributed by atoms with Crippen LogP contribution < -0.4 is 14.6 Å². The van der Waals surface area contributed by atoms with Crippen LogP contribution >= 0.6 is 26.6 Å². The fraction of sp³-hybridized carbons (Fsp3) is 0.250. The molecule has 1 aromatic rings. The van der Waals surface area contributed by atoms with Gasteiger partial charge in [-0.2, -0.15) is 0 Å². The van der Waals surface area contributed by atoms with Gasteiger partial charge in [0.1, 0.15) is 0 Å². The molecule has 7 heteroatoms. The first-order valence-corrected chi connectivity index (χ1v) is 7.47. The maximum Gasteiger partial charge on any atom is 0.151 e. The molecule has 0 aliphatic carbocycles. The van der Waals surface area contributed by atoms with Crippen LogP contribution in [0.15, 0.2) is 18.2 Å². The maximum absolute atomic E-state index is 5.78. The maximum atomic E-state index is 5.78. The van der Waals surface area contributed by atoms with Gasteiger partial charge in [-0.05, 0) is 25.5 Å². The molecule has 0 bridgehead atoms. The van der Waals surface area contributed by atoms with E-state index in [0.29, 0.717) is 26.6 Å². The normalized spacial score (nSPS) is 22.5. The van der Waals surface area contributed by atoms with Gasteiger partial charge in [0.25, 0.3) is 0 Å². The van der Waals surface area contributed by atoms with Crippen LogP contribution in [0.3, 0.4) is 0 Å². The molecule has 0 amide bonds. The summed E-state index contributed by atoms with van der Waals surface area (Å²) >= 11 is 0. The highest BCUT2D eigenvalue weighted by atomic mass is 31.2. The predicted octanol–water partition coefficient (Wildman–Crippen LogP) is 2.62. The molecule has 1 fully saturated rings. The van der Waals surface area contributed by atoms with Crippen molar-refractivity contribution in [1.29, 1.82) is 0 Å². The van der Waals surface area contributed by atoms with Crippen LogP contribution in [0.5, 0.6) is 5.75 Å². The lowest BCUT2D eigenvalue weighted by Crippen LogP contribution is -2.19. The summed E-state index contributed by atoms with van der Waals surface area (Å²) in [4.78, 5) is 12.3. The van der Waals surface area contributed by atoms with E-state index in [1.54, 1.807) is 0 Å². The Morgan fingerprint density at radius 2 is 1.93 bits per heavy atom. The van der Waals surface area contributed by atoms with Gasteiger partial charge >= 0.3 is 0 Å². The Morgan fingerprint density at radius 3 is 2.60 bits per heavy atom. The standard InChI is InChI=1S/C8H14N3OP3/c1-6-3-4-8(7(2)5-6)12-11-14-9-13-10-15-11/h3-5,9-10,13-15H,1-2H3. The van der Waals surface area contributed by atoms with E-state index in [9.17, 15) is 0 Å². The van der Waals surface area contributed by atoms with E-state index >= 15 is 0 Å². The summed E-state index contributed by atoms with van der Waals surface area (Å²) in [6.07, 6.45) is 0. The van der Waals surface area contributed by atoms with Gasteiger partial charge in [0.2, 0.25) is 0 Å². The van der Waals surface area contributed by atoms with Crippen molar-refractivity contribution in [2.45, 2.75) is 13.8 Å². The van der Waals surface area contributed by atoms with Gasteiger partial charge in [-0.15, -0.1) is 0 Å². The minimum absolute atomic E-state index is 0.535.